The predicted octanol–water partition coefficient (Wildman–Crippen LogP) is 2.71. The Bertz CT molecular complexity index is 416. The van der Waals surface area contributed by atoms with E-state index >= 15 is 0 Å². The van der Waals surface area contributed by atoms with Gasteiger partial charge in [0, 0.05) is 12.4 Å². The topological polar surface area (TPSA) is 35.0 Å². The van der Waals surface area contributed by atoms with E-state index < -0.39 is 0 Å². The Morgan fingerprint density at radius 1 is 1.13 bits per heavy atom. The van der Waals surface area contributed by atoms with E-state index in [2.05, 4.69) is 9.97 Å². The molecular formula is C11H9ClN2O. The summed E-state index contributed by atoms with van der Waals surface area (Å²) in [4.78, 5) is 7.85. The fraction of sp³-hybridized carbons (Fsp3) is 0.0909. The summed E-state index contributed by atoms with van der Waals surface area (Å²) in [5.41, 5.74) is 1.07. The summed E-state index contributed by atoms with van der Waals surface area (Å²) in [5.74, 6) is 0.705. The van der Waals surface area contributed by atoms with Crippen molar-refractivity contribution in [2.24, 2.45) is 0 Å². The standard InChI is InChI=1S/C11H9ClN2O/c12-11-2-1-10(7-14-11)15-8-9-3-5-13-6-4-9/h1-7H,8H2. The van der Waals surface area contributed by atoms with E-state index in [1.807, 2.05) is 12.1 Å². The average molecular weight is 221 g/mol. The molecule has 4 heteroatoms. The maximum absolute atomic E-state index is 5.65. The summed E-state index contributed by atoms with van der Waals surface area (Å²) in [6.07, 6.45) is 5.07. The van der Waals surface area contributed by atoms with E-state index in [1.54, 1.807) is 30.7 Å². The first-order chi connectivity index (χ1) is 7.34. The second-order valence-corrected chi connectivity index (χ2v) is 3.35. The van der Waals surface area contributed by atoms with Gasteiger partial charge in [-0.3, -0.25) is 4.98 Å². The number of halogens is 1. The Kier molecular flexibility index (Phi) is 3.15. The highest BCUT2D eigenvalue weighted by atomic mass is 35.5. The normalized spacial score (nSPS) is 9.93. The van der Waals surface area contributed by atoms with E-state index in [0.717, 1.165) is 5.56 Å². The molecule has 0 spiro atoms. The van der Waals surface area contributed by atoms with Gasteiger partial charge in [0.05, 0.1) is 6.20 Å². The van der Waals surface area contributed by atoms with Crippen LogP contribution in [0.1, 0.15) is 5.56 Å². The van der Waals surface area contributed by atoms with Crippen LogP contribution in [-0.4, -0.2) is 9.97 Å². The van der Waals surface area contributed by atoms with Gasteiger partial charge in [-0.25, -0.2) is 4.98 Å². The summed E-state index contributed by atoms with van der Waals surface area (Å²) < 4.78 is 5.50. The number of hydrogen-bond donors (Lipinski definition) is 0. The molecule has 0 aliphatic rings. The molecule has 0 atom stereocenters. The lowest BCUT2D eigenvalue weighted by Gasteiger charge is -2.04. The lowest BCUT2D eigenvalue weighted by Crippen LogP contribution is -1.95. The van der Waals surface area contributed by atoms with Gasteiger partial charge in [0.25, 0.3) is 0 Å². The summed E-state index contributed by atoms with van der Waals surface area (Å²) in [5, 5.41) is 0.464. The quantitative estimate of drug-likeness (QED) is 0.746. The molecule has 0 amide bonds. The monoisotopic (exact) mass is 220 g/mol. The molecule has 0 aromatic carbocycles. The van der Waals surface area contributed by atoms with Crippen molar-refractivity contribution in [1.29, 1.82) is 0 Å². The van der Waals surface area contributed by atoms with E-state index in [9.17, 15) is 0 Å². The van der Waals surface area contributed by atoms with Crippen molar-refractivity contribution in [2.45, 2.75) is 6.61 Å². The molecular weight excluding hydrogens is 212 g/mol. The molecule has 0 N–H and O–H groups in total. The van der Waals surface area contributed by atoms with Gasteiger partial charge >= 0.3 is 0 Å². The fourth-order valence-corrected chi connectivity index (χ4v) is 1.21. The highest BCUT2D eigenvalue weighted by molar-refractivity contribution is 6.29. The average Bonchev–Trinajstić information content (AvgIpc) is 2.30. The molecule has 76 valence electrons. The van der Waals surface area contributed by atoms with Gasteiger partial charge in [-0.2, -0.15) is 0 Å². The van der Waals surface area contributed by atoms with E-state index in [1.165, 1.54) is 0 Å². The Morgan fingerprint density at radius 3 is 2.60 bits per heavy atom. The SMILES string of the molecule is Clc1ccc(OCc2ccncc2)cn1. The molecule has 0 saturated heterocycles. The molecule has 2 rings (SSSR count). The summed E-state index contributed by atoms with van der Waals surface area (Å²) in [6.45, 7) is 0.506. The smallest absolute Gasteiger partial charge is 0.138 e. The number of hydrogen-bond acceptors (Lipinski definition) is 3. The van der Waals surface area contributed by atoms with Crippen LogP contribution in [0.25, 0.3) is 0 Å². The van der Waals surface area contributed by atoms with Crippen LogP contribution in [0, 0.1) is 0 Å². The minimum atomic E-state index is 0.464. The minimum absolute atomic E-state index is 0.464. The Morgan fingerprint density at radius 2 is 1.93 bits per heavy atom. The van der Waals surface area contributed by atoms with E-state index in [4.69, 9.17) is 16.3 Å². The maximum Gasteiger partial charge on any atom is 0.138 e. The van der Waals surface area contributed by atoms with Gasteiger partial charge in [0.2, 0.25) is 0 Å². The Labute approximate surface area is 92.7 Å². The van der Waals surface area contributed by atoms with Gasteiger partial charge in [0.15, 0.2) is 0 Å². The van der Waals surface area contributed by atoms with Crippen LogP contribution in [0.4, 0.5) is 0 Å². The molecule has 15 heavy (non-hydrogen) atoms. The number of rotatable bonds is 3. The van der Waals surface area contributed by atoms with Gasteiger partial charge in [-0.05, 0) is 29.8 Å². The minimum Gasteiger partial charge on any atom is -0.487 e. The molecule has 2 aromatic rings. The first-order valence-corrected chi connectivity index (χ1v) is 4.85. The Balaban J connectivity index is 1.96. The van der Waals surface area contributed by atoms with E-state index in [0.29, 0.717) is 17.5 Å². The van der Waals surface area contributed by atoms with Gasteiger partial charge < -0.3 is 4.74 Å². The van der Waals surface area contributed by atoms with Crippen molar-refractivity contribution in [3.63, 3.8) is 0 Å². The van der Waals surface area contributed by atoms with Crippen LogP contribution in [0.3, 0.4) is 0 Å². The summed E-state index contributed by atoms with van der Waals surface area (Å²) >= 11 is 5.65. The highest BCUT2D eigenvalue weighted by Crippen LogP contribution is 2.13. The van der Waals surface area contributed by atoms with Crippen LogP contribution in [0.5, 0.6) is 5.75 Å². The maximum atomic E-state index is 5.65. The molecule has 2 aromatic heterocycles. The van der Waals surface area contributed by atoms with Crippen molar-refractivity contribution in [3.8, 4) is 5.75 Å². The number of aromatic nitrogens is 2. The lowest BCUT2D eigenvalue weighted by atomic mass is 10.3. The molecule has 0 fully saturated rings. The van der Waals surface area contributed by atoms with Crippen LogP contribution in [-0.2, 0) is 6.61 Å². The first kappa shape index (κ1) is 9.93. The van der Waals surface area contributed by atoms with Gasteiger partial charge in [0.1, 0.15) is 17.5 Å². The van der Waals surface area contributed by atoms with Crippen molar-refractivity contribution in [1.82, 2.24) is 9.97 Å². The number of pyridine rings is 2. The molecule has 0 saturated carbocycles. The third-order valence-corrected chi connectivity index (χ3v) is 2.08. The van der Waals surface area contributed by atoms with Crippen LogP contribution in [0.2, 0.25) is 5.15 Å². The molecule has 0 bridgehead atoms. The summed E-state index contributed by atoms with van der Waals surface area (Å²) in [6, 6.07) is 7.30. The largest absolute Gasteiger partial charge is 0.487 e. The third-order valence-electron chi connectivity index (χ3n) is 1.86. The molecule has 0 aliphatic carbocycles. The zero-order valence-corrected chi connectivity index (χ0v) is 8.69. The zero-order valence-electron chi connectivity index (χ0n) is 7.93. The molecule has 0 unspecified atom stereocenters. The van der Waals surface area contributed by atoms with Crippen molar-refractivity contribution in [3.05, 3.63) is 53.6 Å². The Hall–Kier alpha value is -1.61. The van der Waals surface area contributed by atoms with Crippen molar-refractivity contribution in [2.75, 3.05) is 0 Å². The predicted molar refractivity (Wildman–Crippen MR) is 57.8 cm³/mol. The van der Waals surface area contributed by atoms with Gasteiger partial charge in [-0.15, -0.1) is 0 Å². The third kappa shape index (κ3) is 2.92. The molecule has 0 aliphatic heterocycles. The zero-order chi connectivity index (χ0) is 10.5. The molecule has 0 radical (unpaired) electrons. The van der Waals surface area contributed by atoms with Crippen LogP contribution < -0.4 is 4.74 Å². The van der Waals surface area contributed by atoms with Crippen LogP contribution >= 0.6 is 11.6 Å². The summed E-state index contributed by atoms with van der Waals surface area (Å²) in [7, 11) is 0. The van der Waals surface area contributed by atoms with Crippen molar-refractivity contribution >= 4 is 11.6 Å². The lowest BCUT2D eigenvalue weighted by molar-refractivity contribution is 0.305. The second kappa shape index (κ2) is 4.75. The molecule has 2 heterocycles. The van der Waals surface area contributed by atoms with E-state index in [-0.39, 0.29) is 0 Å². The van der Waals surface area contributed by atoms with Crippen molar-refractivity contribution < 1.29 is 4.74 Å². The number of nitrogens with zero attached hydrogens (tertiary/aromatic N) is 2. The van der Waals surface area contributed by atoms with Gasteiger partial charge in [-0.1, -0.05) is 11.6 Å². The number of ether oxygens (including phenoxy) is 1. The van der Waals surface area contributed by atoms with Crippen LogP contribution in [0.15, 0.2) is 42.9 Å². The second-order valence-electron chi connectivity index (χ2n) is 2.96. The first-order valence-electron chi connectivity index (χ1n) is 4.48. The molecule has 3 nitrogen and oxygen atoms in total. The fourth-order valence-electron chi connectivity index (χ4n) is 1.09. The highest BCUT2D eigenvalue weighted by Gasteiger charge is 1.95.